The molecule has 1 aromatic rings. The van der Waals surface area contributed by atoms with Gasteiger partial charge in [-0.15, -0.1) is 0 Å². The van der Waals surface area contributed by atoms with E-state index in [4.69, 9.17) is 9.52 Å². The molecule has 0 saturated carbocycles. The Morgan fingerprint density at radius 1 is 1.90 bits per heavy atom. The highest BCUT2D eigenvalue weighted by Crippen LogP contribution is 2.11. The molecular formula is C6H7NO3. The first kappa shape index (κ1) is 6.80. The Labute approximate surface area is 57.5 Å². The molecule has 4 nitrogen and oxygen atoms in total. The molecule has 1 atom stereocenters. The minimum atomic E-state index is -0.928. The minimum Gasteiger partial charge on any atom is -0.481 e. The third kappa shape index (κ3) is 1.15. The van der Waals surface area contributed by atoms with Crippen molar-refractivity contribution in [2.75, 3.05) is 0 Å². The maximum absolute atomic E-state index is 10.3. The van der Waals surface area contributed by atoms with Crippen molar-refractivity contribution in [1.82, 2.24) is 4.98 Å². The highest BCUT2D eigenvalue weighted by molar-refractivity contribution is 5.73. The maximum atomic E-state index is 10.3. The molecule has 1 N–H and O–H groups in total. The number of oxazole rings is 1. The number of rotatable bonds is 2. The molecular weight excluding hydrogens is 134 g/mol. The van der Waals surface area contributed by atoms with Gasteiger partial charge in [-0.1, -0.05) is 0 Å². The number of hydrogen-bond acceptors (Lipinski definition) is 3. The zero-order valence-corrected chi connectivity index (χ0v) is 5.44. The summed E-state index contributed by atoms with van der Waals surface area (Å²) in [5.41, 5.74) is 0. The van der Waals surface area contributed by atoms with E-state index >= 15 is 0 Å². The molecule has 0 bridgehead atoms. The molecule has 0 fully saturated rings. The summed E-state index contributed by atoms with van der Waals surface area (Å²) < 4.78 is 4.76. The first-order chi connectivity index (χ1) is 4.72. The van der Waals surface area contributed by atoms with Gasteiger partial charge >= 0.3 is 5.97 Å². The molecule has 0 amide bonds. The smallest absolute Gasteiger partial charge is 0.315 e. The van der Waals surface area contributed by atoms with Gasteiger partial charge in [0.1, 0.15) is 12.2 Å². The molecule has 0 aliphatic heterocycles. The quantitative estimate of drug-likeness (QED) is 0.663. The Morgan fingerprint density at radius 2 is 2.60 bits per heavy atom. The standard InChI is InChI=1S/C6H7NO3/c1-4(6(8)9)5-7-2-3-10-5/h2-4H,1H3,(H,8,9). The number of carboxylic acid groups (broad SMARTS) is 1. The van der Waals surface area contributed by atoms with Crippen LogP contribution in [0.3, 0.4) is 0 Å². The Balaban J connectivity index is 2.77. The third-order valence-corrected chi connectivity index (χ3v) is 1.19. The number of hydrogen-bond donors (Lipinski definition) is 1. The van der Waals surface area contributed by atoms with Gasteiger partial charge in [-0.3, -0.25) is 4.79 Å². The molecule has 10 heavy (non-hydrogen) atoms. The lowest BCUT2D eigenvalue weighted by Gasteiger charge is -1.97. The van der Waals surface area contributed by atoms with Gasteiger partial charge in [-0.25, -0.2) is 4.98 Å². The Morgan fingerprint density at radius 3 is 3.00 bits per heavy atom. The van der Waals surface area contributed by atoms with Crippen molar-refractivity contribution in [1.29, 1.82) is 0 Å². The molecule has 0 aliphatic carbocycles. The zero-order chi connectivity index (χ0) is 7.56. The van der Waals surface area contributed by atoms with Crippen LogP contribution in [0.4, 0.5) is 0 Å². The van der Waals surface area contributed by atoms with Crippen LogP contribution in [-0.4, -0.2) is 16.1 Å². The van der Waals surface area contributed by atoms with E-state index in [1.165, 1.54) is 19.4 Å². The number of carboxylic acids is 1. The van der Waals surface area contributed by atoms with Gasteiger partial charge in [0.15, 0.2) is 0 Å². The summed E-state index contributed by atoms with van der Waals surface area (Å²) in [5, 5.41) is 8.45. The maximum Gasteiger partial charge on any atom is 0.315 e. The summed E-state index contributed by atoms with van der Waals surface area (Å²) in [6.07, 6.45) is 2.78. The van der Waals surface area contributed by atoms with Gasteiger partial charge in [0, 0.05) is 0 Å². The van der Waals surface area contributed by atoms with Crippen LogP contribution in [0.5, 0.6) is 0 Å². The third-order valence-electron chi connectivity index (χ3n) is 1.19. The van der Waals surface area contributed by atoms with Crippen LogP contribution in [0.15, 0.2) is 16.9 Å². The van der Waals surface area contributed by atoms with Crippen LogP contribution in [0.25, 0.3) is 0 Å². The highest BCUT2D eigenvalue weighted by atomic mass is 16.4. The molecule has 0 radical (unpaired) electrons. The molecule has 1 heterocycles. The largest absolute Gasteiger partial charge is 0.481 e. The normalized spacial score (nSPS) is 12.9. The fourth-order valence-electron chi connectivity index (χ4n) is 0.554. The van der Waals surface area contributed by atoms with E-state index < -0.39 is 11.9 Å². The van der Waals surface area contributed by atoms with Crippen molar-refractivity contribution in [3.8, 4) is 0 Å². The predicted molar refractivity (Wildman–Crippen MR) is 32.6 cm³/mol. The molecule has 4 heteroatoms. The average molecular weight is 141 g/mol. The minimum absolute atomic E-state index is 0.243. The molecule has 1 aromatic heterocycles. The van der Waals surface area contributed by atoms with Gasteiger partial charge in [-0.05, 0) is 6.92 Å². The lowest BCUT2D eigenvalue weighted by Crippen LogP contribution is -2.07. The fourth-order valence-corrected chi connectivity index (χ4v) is 0.554. The van der Waals surface area contributed by atoms with E-state index in [1.54, 1.807) is 0 Å². The van der Waals surface area contributed by atoms with Crippen molar-refractivity contribution in [3.63, 3.8) is 0 Å². The first-order valence-electron chi connectivity index (χ1n) is 2.84. The number of aliphatic carboxylic acids is 1. The van der Waals surface area contributed by atoms with E-state index in [0.29, 0.717) is 0 Å². The topological polar surface area (TPSA) is 63.3 Å². The van der Waals surface area contributed by atoms with Gasteiger partial charge in [0.25, 0.3) is 0 Å². The van der Waals surface area contributed by atoms with Crippen LogP contribution < -0.4 is 0 Å². The van der Waals surface area contributed by atoms with E-state index in [-0.39, 0.29) is 5.89 Å². The van der Waals surface area contributed by atoms with Crippen LogP contribution in [0.1, 0.15) is 18.7 Å². The van der Waals surface area contributed by atoms with Crippen molar-refractivity contribution >= 4 is 5.97 Å². The number of carbonyl (C=O) groups is 1. The SMILES string of the molecule is CC(C(=O)O)c1ncco1. The summed E-state index contributed by atoms with van der Waals surface area (Å²) in [6.45, 7) is 1.52. The summed E-state index contributed by atoms with van der Waals surface area (Å²) in [6, 6.07) is 0. The van der Waals surface area contributed by atoms with E-state index in [0.717, 1.165) is 0 Å². The van der Waals surface area contributed by atoms with Gasteiger partial charge in [0.2, 0.25) is 5.89 Å². The number of nitrogens with zero attached hydrogens (tertiary/aromatic N) is 1. The Kier molecular flexibility index (Phi) is 1.71. The second-order valence-corrected chi connectivity index (χ2v) is 1.93. The Hall–Kier alpha value is -1.32. The summed E-state index contributed by atoms with van der Waals surface area (Å²) in [7, 11) is 0. The van der Waals surface area contributed by atoms with E-state index in [2.05, 4.69) is 4.98 Å². The highest BCUT2D eigenvalue weighted by Gasteiger charge is 2.17. The Bertz CT molecular complexity index is 217. The predicted octanol–water partition coefficient (Wildman–Crippen LogP) is 0.863. The molecule has 0 aromatic carbocycles. The van der Waals surface area contributed by atoms with Crippen LogP contribution >= 0.6 is 0 Å². The van der Waals surface area contributed by atoms with E-state index in [9.17, 15) is 4.79 Å². The zero-order valence-electron chi connectivity index (χ0n) is 5.44. The summed E-state index contributed by atoms with van der Waals surface area (Å²) in [5.74, 6) is -1.34. The lowest BCUT2D eigenvalue weighted by molar-refractivity contribution is -0.138. The van der Waals surface area contributed by atoms with Crippen molar-refractivity contribution in [2.45, 2.75) is 12.8 Å². The molecule has 0 saturated heterocycles. The first-order valence-corrected chi connectivity index (χ1v) is 2.84. The fraction of sp³-hybridized carbons (Fsp3) is 0.333. The summed E-state index contributed by atoms with van der Waals surface area (Å²) in [4.78, 5) is 14.0. The van der Waals surface area contributed by atoms with Gasteiger partial charge in [-0.2, -0.15) is 0 Å². The molecule has 1 unspecified atom stereocenters. The lowest BCUT2D eigenvalue weighted by atomic mass is 10.2. The van der Waals surface area contributed by atoms with Crippen LogP contribution in [0.2, 0.25) is 0 Å². The summed E-state index contributed by atoms with van der Waals surface area (Å²) >= 11 is 0. The van der Waals surface area contributed by atoms with Crippen LogP contribution in [0, 0.1) is 0 Å². The second kappa shape index (κ2) is 2.51. The van der Waals surface area contributed by atoms with Gasteiger partial charge < -0.3 is 9.52 Å². The monoisotopic (exact) mass is 141 g/mol. The van der Waals surface area contributed by atoms with Crippen molar-refractivity contribution in [2.24, 2.45) is 0 Å². The van der Waals surface area contributed by atoms with Gasteiger partial charge in [0.05, 0.1) is 6.20 Å². The van der Waals surface area contributed by atoms with Crippen molar-refractivity contribution in [3.05, 3.63) is 18.4 Å². The van der Waals surface area contributed by atoms with Crippen molar-refractivity contribution < 1.29 is 14.3 Å². The molecule has 54 valence electrons. The molecule has 1 rings (SSSR count). The second-order valence-electron chi connectivity index (χ2n) is 1.93. The molecule has 0 spiro atoms. The van der Waals surface area contributed by atoms with E-state index in [1.807, 2.05) is 0 Å². The number of aromatic nitrogens is 1. The molecule has 0 aliphatic rings. The van der Waals surface area contributed by atoms with Crippen LogP contribution in [-0.2, 0) is 4.79 Å². The average Bonchev–Trinajstić information content (AvgIpc) is 2.36.